The van der Waals surface area contributed by atoms with Crippen molar-refractivity contribution in [2.45, 2.75) is 56.6 Å². The molecule has 1 aromatic rings. The smallest absolute Gasteiger partial charge is 0.127 e. The van der Waals surface area contributed by atoms with Gasteiger partial charge in [0.2, 0.25) is 0 Å². The van der Waals surface area contributed by atoms with Crippen molar-refractivity contribution in [3.05, 3.63) is 29.8 Å². The van der Waals surface area contributed by atoms with Crippen LogP contribution in [0.1, 0.15) is 38.7 Å². The molecule has 106 valence electrons. The molecule has 0 saturated heterocycles. The quantitative estimate of drug-likeness (QED) is 0.693. The highest BCUT2D eigenvalue weighted by Gasteiger charge is 2.42. The third-order valence-corrected chi connectivity index (χ3v) is 4.46. The van der Waals surface area contributed by atoms with Crippen LogP contribution in [0.15, 0.2) is 24.3 Å². The van der Waals surface area contributed by atoms with E-state index in [1.165, 1.54) is 18.4 Å². The first-order valence-corrected chi connectivity index (χ1v) is 8.17. The lowest BCUT2D eigenvalue weighted by Crippen LogP contribution is -2.52. The van der Waals surface area contributed by atoms with Gasteiger partial charge in [0.25, 0.3) is 0 Å². The van der Waals surface area contributed by atoms with E-state index >= 15 is 0 Å². The Balaban J connectivity index is 1.86. The summed E-state index contributed by atoms with van der Waals surface area (Å²) in [4.78, 5) is 0.432. The van der Waals surface area contributed by atoms with Gasteiger partial charge in [-0.25, -0.2) is 0 Å². The molecule has 0 radical (unpaired) electrons. The van der Waals surface area contributed by atoms with Crippen LogP contribution in [-0.4, -0.2) is 23.6 Å². The van der Waals surface area contributed by atoms with Crippen molar-refractivity contribution in [3.8, 4) is 5.75 Å². The molecule has 3 unspecified atom stereocenters. The summed E-state index contributed by atoms with van der Waals surface area (Å²) in [7, 11) is 0. The van der Waals surface area contributed by atoms with Crippen LogP contribution in [0.25, 0.3) is 0 Å². The number of halogens is 1. The van der Waals surface area contributed by atoms with E-state index in [-0.39, 0.29) is 12.2 Å². The maximum atomic E-state index is 5.99. The van der Waals surface area contributed by atoms with Gasteiger partial charge in [0.15, 0.2) is 0 Å². The van der Waals surface area contributed by atoms with Gasteiger partial charge in [0.1, 0.15) is 18.0 Å². The summed E-state index contributed by atoms with van der Waals surface area (Å²) in [5.41, 5.74) is 1.39. The normalized spacial score (nSPS) is 25.9. The average molecular weight is 327 g/mol. The van der Waals surface area contributed by atoms with Gasteiger partial charge in [0.05, 0.1) is 0 Å². The second-order valence-electron chi connectivity index (χ2n) is 5.08. The number of benzene rings is 1. The third kappa shape index (κ3) is 3.96. The largest absolute Gasteiger partial charge is 0.488 e. The summed E-state index contributed by atoms with van der Waals surface area (Å²) in [6.45, 7) is 4.98. The Morgan fingerprint density at radius 3 is 2.53 bits per heavy atom. The Morgan fingerprint density at radius 2 is 1.95 bits per heavy atom. The summed E-state index contributed by atoms with van der Waals surface area (Å²) < 4.78 is 11.7. The van der Waals surface area contributed by atoms with E-state index in [9.17, 15) is 0 Å². The second kappa shape index (κ2) is 7.30. The van der Waals surface area contributed by atoms with Crippen LogP contribution in [0.5, 0.6) is 5.75 Å². The number of unbranched alkanes of at least 4 members (excludes halogenated alkanes) is 1. The molecule has 1 aromatic carbocycles. The Bertz CT molecular complexity index is 377. The minimum atomic E-state index is 0.185. The molecule has 1 aliphatic rings. The zero-order valence-electron chi connectivity index (χ0n) is 11.8. The summed E-state index contributed by atoms with van der Waals surface area (Å²) in [6.07, 6.45) is 5.03. The highest BCUT2D eigenvalue weighted by Crippen LogP contribution is 2.34. The SMILES string of the molecule is CCCCc1ccc(OC2CC(Br)C2OCC)cc1. The predicted octanol–water partition coefficient (Wildman–Crippen LogP) is 4.35. The number of ether oxygens (including phenoxy) is 2. The first-order valence-electron chi connectivity index (χ1n) is 7.25. The molecule has 1 aliphatic carbocycles. The van der Waals surface area contributed by atoms with E-state index in [4.69, 9.17) is 9.47 Å². The molecule has 0 heterocycles. The van der Waals surface area contributed by atoms with Crippen molar-refractivity contribution < 1.29 is 9.47 Å². The van der Waals surface area contributed by atoms with Crippen LogP contribution < -0.4 is 4.74 Å². The lowest BCUT2D eigenvalue weighted by atomic mass is 9.91. The summed E-state index contributed by atoms with van der Waals surface area (Å²) in [5.74, 6) is 0.953. The van der Waals surface area contributed by atoms with E-state index < -0.39 is 0 Å². The molecule has 3 heteroatoms. The van der Waals surface area contributed by atoms with Gasteiger partial charge in [-0.05, 0) is 37.5 Å². The summed E-state index contributed by atoms with van der Waals surface area (Å²) in [5, 5.41) is 0. The van der Waals surface area contributed by atoms with Gasteiger partial charge in [-0.15, -0.1) is 0 Å². The fraction of sp³-hybridized carbons (Fsp3) is 0.625. The first-order chi connectivity index (χ1) is 9.24. The van der Waals surface area contributed by atoms with Crippen LogP contribution >= 0.6 is 15.9 Å². The van der Waals surface area contributed by atoms with Gasteiger partial charge in [-0.3, -0.25) is 0 Å². The topological polar surface area (TPSA) is 18.5 Å². The highest BCUT2D eigenvalue weighted by molar-refractivity contribution is 9.09. The molecule has 19 heavy (non-hydrogen) atoms. The highest BCUT2D eigenvalue weighted by atomic mass is 79.9. The van der Waals surface area contributed by atoms with Crippen LogP contribution in [0.2, 0.25) is 0 Å². The maximum absolute atomic E-state index is 5.99. The zero-order chi connectivity index (χ0) is 13.7. The first kappa shape index (κ1) is 14.9. The third-order valence-electron chi connectivity index (χ3n) is 3.57. The van der Waals surface area contributed by atoms with E-state index in [0.717, 1.165) is 25.2 Å². The molecule has 0 amide bonds. The zero-order valence-corrected chi connectivity index (χ0v) is 13.4. The van der Waals surface area contributed by atoms with Crippen molar-refractivity contribution in [1.82, 2.24) is 0 Å². The standard InChI is InChI=1S/C16H23BrO2/c1-3-5-6-12-7-9-13(10-8-12)19-15-11-14(17)16(15)18-4-2/h7-10,14-16H,3-6,11H2,1-2H3. The fourth-order valence-corrected chi connectivity index (χ4v) is 3.20. The number of alkyl halides is 1. The van der Waals surface area contributed by atoms with Crippen molar-refractivity contribution >= 4 is 15.9 Å². The Kier molecular flexibility index (Phi) is 5.71. The number of hydrogen-bond acceptors (Lipinski definition) is 2. The number of rotatable bonds is 7. The molecular formula is C16H23BrO2. The van der Waals surface area contributed by atoms with E-state index in [0.29, 0.717) is 4.83 Å². The van der Waals surface area contributed by atoms with Crippen molar-refractivity contribution in [1.29, 1.82) is 0 Å². The molecule has 0 aliphatic heterocycles. The number of aryl methyl sites for hydroxylation is 1. The summed E-state index contributed by atoms with van der Waals surface area (Å²) >= 11 is 3.62. The monoisotopic (exact) mass is 326 g/mol. The molecule has 0 spiro atoms. The van der Waals surface area contributed by atoms with Gasteiger partial charge in [0, 0.05) is 17.9 Å². The van der Waals surface area contributed by atoms with Gasteiger partial charge in [-0.1, -0.05) is 41.4 Å². The Labute approximate surface area is 124 Å². The van der Waals surface area contributed by atoms with Crippen molar-refractivity contribution in [3.63, 3.8) is 0 Å². The van der Waals surface area contributed by atoms with E-state index in [1.54, 1.807) is 0 Å². The van der Waals surface area contributed by atoms with E-state index in [2.05, 4.69) is 47.1 Å². The molecule has 0 bridgehead atoms. The lowest BCUT2D eigenvalue weighted by Gasteiger charge is -2.40. The van der Waals surface area contributed by atoms with Crippen LogP contribution in [0.3, 0.4) is 0 Å². The average Bonchev–Trinajstić information content (AvgIpc) is 2.43. The lowest BCUT2D eigenvalue weighted by molar-refractivity contribution is -0.0723. The molecule has 1 saturated carbocycles. The minimum Gasteiger partial charge on any atom is -0.488 e. The fourth-order valence-electron chi connectivity index (χ4n) is 2.34. The van der Waals surface area contributed by atoms with Crippen molar-refractivity contribution in [2.75, 3.05) is 6.61 Å². The summed E-state index contributed by atoms with van der Waals surface area (Å²) in [6, 6.07) is 8.50. The van der Waals surface area contributed by atoms with Crippen LogP contribution in [0.4, 0.5) is 0 Å². The van der Waals surface area contributed by atoms with Gasteiger partial charge in [-0.2, -0.15) is 0 Å². The number of hydrogen-bond donors (Lipinski definition) is 0. The molecule has 2 rings (SSSR count). The van der Waals surface area contributed by atoms with Gasteiger partial charge < -0.3 is 9.47 Å². The minimum absolute atomic E-state index is 0.185. The molecule has 1 fully saturated rings. The Morgan fingerprint density at radius 1 is 1.21 bits per heavy atom. The molecule has 2 nitrogen and oxygen atoms in total. The molecule has 3 atom stereocenters. The molecule has 0 aromatic heterocycles. The van der Waals surface area contributed by atoms with Crippen LogP contribution in [-0.2, 0) is 11.2 Å². The van der Waals surface area contributed by atoms with Crippen LogP contribution in [0, 0.1) is 0 Å². The van der Waals surface area contributed by atoms with Gasteiger partial charge >= 0.3 is 0 Å². The maximum Gasteiger partial charge on any atom is 0.127 e. The van der Waals surface area contributed by atoms with Crippen molar-refractivity contribution in [2.24, 2.45) is 0 Å². The predicted molar refractivity (Wildman–Crippen MR) is 82.2 cm³/mol. The second-order valence-corrected chi connectivity index (χ2v) is 6.25. The Hall–Kier alpha value is -0.540. The van der Waals surface area contributed by atoms with E-state index in [1.807, 2.05) is 6.92 Å². The molecule has 0 N–H and O–H groups in total. The molecular weight excluding hydrogens is 304 g/mol.